The van der Waals surface area contributed by atoms with Crippen molar-refractivity contribution in [3.63, 3.8) is 0 Å². The van der Waals surface area contributed by atoms with Crippen molar-refractivity contribution in [1.29, 1.82) is 0 Å². The fourth-order valence-corrected chi connectivity index (χ4v) is 3.99. The third kappa shape index (κ3) is 5.46. The number of ether oxygens (including phenoxy) is 1. The molecule has 1 aromatic heterocycles. The van der Waals surface area contributed by atoms with Crippen molar-refractivity contribution < 1.29 is 14.3 Å². The van der Waals surface area contributed by atoms with Gasteiger partial charge in [0, 0.05) is 32.9 Å². The number of aryl methyl sites for hydroxylation is 2. The molecular weight excluding hydrogens is 392 g/mol. The minimum Gasteiger partial charge on any atom is -0.491 e. The first-order valence-electron chi connectivity index (χ1n) is 11.1. The van der Waals surface area contributed by atoms with Gasteiger partial charge in [-0.25, -0.2) is 0 Å². The molecule has 1 atom stereocenters. The third-order valence-electron chi connectivity index (χ3n) is 5.82. The lowest BCUT2D eigenvalue weighted by atomic mass is 10.0. The maximum atomic E-state index is 13.5. The van der Waals surface area contributed by atoms with Crippen molar-refractivity contribution in [1.82, 2.24) is 19.6 Å². The Bertz CT molecular complexity index is 902. The van der Waals surface area contributed by atoms with Gasteiger partial charge in [0.1, 0.15) is 12.4 Å². The highest BCUT2D eigenvalue weighted by molar-refractivity contribution is 5.96. The van der Waals surface area contributed by atoms with Gasteiger partial charge in [-0.1, -0.05) is 26.0 Å². The molecule has 0 fully saturated rings. The van der Waals surface area contributed by atoms with E-state index in [1.54, 1.807) is 15.6 Å². The van der Waals surface area contributed by atoms with Crippen LogP contribution in [0.1, 0.15) is 59.7 Å². The molecule has 0 radical (unpaired) electrons. The Morgan fingerprint density at radius 1 is 1.19 bits per heavy atom. The normalized spacial score (nSPS) is 18.3. The first kappa shape index (κ1) is 22.8. The molecule has 3 rings (SSSR count). The minimum absolute atomic E-state index is 0.0338. The van der Waals surface area contributed by atoms with Crippen LogP contribution in [0.4, 0.5) is 0 Å². The van der Waals surface area contributed by atoms with Gasteiger partial charge < -0.3 is 14.5 Å². The molecule has 0 saturated carbocycles. The number of benzene rings is 1. The summed E-state index contributed by atoms with van der Waals surface area (Å²) in [5, 5.41) is 4.42. The number of para-hydroxylation sites is 1. The maximum Gasteiger partial charge on any atom is 0.274 e. The smallest absolute Gasteiger partial charge is 0.274 e. The van der Waals surface area contributed by atoms with Crippen molar-refractivity contribution in [3.05, 3.63) is 47.3 Å². The van der Waals surface area contributed by atoms with Gasteiger partial charge in [-0.05, 0) is 50.3 Å². The zero-order valence-electron chi connectivity index (χ0n) is 19.3. The predicted octanol–water partition coefficient (Wildman–Crippen LogP) is 3.53. The van der Waals surface area contributed by atoms with E-state index in [-0.39, 0.29) is 17.9 Å². The van der Waals surface area contributed by atoms with Gasteiger partial charge in [-0.2, -0.15) is 5.10 Å². The van der Waals surface area contributed by atoms with Crippen LogP contribution in [-0.2, 0) is 7.05 Å². The molecular formula is C24H34N4O3. The van der Waals surface area contributed by atoms with Crippen LogP contribution in [-0.4, -0.2) is 64.2 Å². The Hall–Kier alpha value is -2.83. The van der Waals surface area contributed by atoms with E-state index in [1.807, 2.05) is 50.2 Å². The Morgan fingerprint density at radius 3 is 2.58 bits per heavy atom. The van der Waals surface area contributed by atoms with Gasteiger partial charge >= 0.3 is 0 Å². The number of amides is 2. The lowest BCUT2D eigenvalue weighted by Gasteiger charge is -2.33. The van der Waals surface area contributed by atoms with E-state index in [9.17, 15) is 9.59 Å². The molecule has 1 aliphatic heterocycles. The summed E-state index contributed by atoms with van der Waals surface area (Å²) in [6.45, 7) is 7.82. The summed E-state index contributed by atoms with van der Waals surface area (Å²) in [4.78, 5) is 30.0. The fourth-order valence-electron chi connectivity index (χ4n) is 3.99. The first-order chi connectivity index (χ1) is 14.8. The van der Waals surface area contributed by atoms with Crippen LogP contribution in [0.15, 0.2) is 30.3 Å². The number of hydrogen-bond acceptors (Lipinski definition) is 4. The molecule has 0 saturated heterocycles. The van der Waals surface area contributed by atoms with Gasteiger partial charge in [-0.15, -0.1) is 0 Å². The molecule has 2 aromatic rings. The van der Waals surface area contributed by atoms with Crippen molar-refractivity contribution in [2.75, 3.05) is 26.7 Å². The second-order valence-corrected chi connectivity index (χ2v) is 8.82. The number of carbonyl (C=O) groups is 2. The molecule has 0 spiro atoms. The predicted molar refractivity (Wildman–Crippen MR) is 120 cm³/mol. The highest BCUT2D eigenvalue weighted by Crippen LogP contribution is 2.23. The molecule has 0 aliphatic carbocycles. The average molecular weight is 427 g/mol. The lowest BCUT2D eigenvalue weighted by molar-refractivity contribution is 0.0553. The SMILES string of the molecule is Cc1cc(C(=O)N2CCCCN(C)C(=O)c3ccccc3OC[C@@H]2CC(C)C)nn1C. The van der Waals surface area contributed by atoms with E-state index in [0.717, 1.165) is 25.0 Å². The number of fused-ring (bicyclic) bond motifs is 1. The van der Waals surface area contributed by atoms with Crippen LogP contribution in [0.2, 0.25) is 0 Å². The van der Waals surface area contributed by atoms with Gasteiger partial charge in [0.2, 0.25) is 0 Å². The zero-order chi connectivity index (χ0) is 22.5. The topological polar surface area (TPSA) is 67.7 Å². The van der Waals surface area contributed by atoms with Gasteiger partial charge in [0.15, 0.2) is 5.69 Å². The van der Waals surface area contributed by atoms with E-state index in [2.05, 4.69) is 18.9 Å². The van der Waals surface area contributed by atoms with Crippen molar-refractivity contribution in [2.24, 2.45) is 13.0 Å². The third-order valence-corrected chi connectivity index (χ3v) is 5.82. The molecule has 2 amide bonds. The number of carbonyl (C=O) groups excluding carboxylic acids is 2. The van der Waals surface area contributed by atoms with Gasteiger partial charge in [0.05, 0.1) is 11.6 Å². The summed E-state index contributed by atoms with van der Waals surface area (Å²) in [5.74, 6) is 0.862. The van der Waals surface area contributed by atoms with Gasteiger partial charge in [0.25, 0.3) is 11.8 Å². The average Bonchev–Trinajstić information content (AvgIpc) is 3.08. The van der Waals surface area contributed by atoms with Crippen LogP contribution >= 0.6 is 0 Å². The van der Waals surface area contributed by atoms with Gasteiger partial charge in [-0.3, -0.25) is 14.3 Å². The van der Waals surface area contributed by atoms with Crippen LogP contribution < -0.4 is 4.74 Å². The molecule has 0 N–H and O–H groups in total. The standard InChI is InChI=1S/C24H34N4O3/c1-17(2)14-19-16-31-22-11-7-6-10-20(22)23(29)26(4)12-8-9-13-28(19)24(30)21-15-18(3)27(5)25-21/h6-7,10-11,15,17,19H,8-9,12-14,16H2,1-5H3/t19-/m0/s1. The molecule has 0 bridgehead atoms. The molecule has 168 valence electrons. The number of rotatable bonds is 3. The maximum absolute atomic E-state index is 13.5. The largest absolute Gasteiger partial charge is 0.491 e. The summed E-state index contributed by atoms with van der Waals surface area (Å²) in [6, 6.07) is 9.09. The highest BCUT2D eigenvalue weighted by atomic mass is 16.5. The second kappa shape index (κ2) is 9.98. The summed E-state index contributed by atoms with van der Waals surface area (Å²) in [5.41, 5.74) is 1.98. The van der Waals surface area contributed by atoms with Crippen molar-refractivity contribution >= 4 is 11.8 Å². The van der Waals surface area contributed by atoms with E-state index < -0.39 is 0 Å². The van der Waals surface area contributed by atoms with E-state index in [1.165, 1.54) is 0 Å². The van der Waals surface area contributed by atoms with E-state index in [4.69, 9.17) is 4.74 Å². The molecule has 1 aliphatic rings. The Labute approximate surface area is 185 Å². The quantitative estimate of drug-likeness (QED) is 0.753. The first-order valence-corrected chi connectivity index (χ1v) is 11.1. The van der Waals surface area contributed by atoms with Crippen LogP contribution in [0.5, 0.6) is 5.75 Å². The summed E-state index contributed by atoms with van der Waals surface area (Å²) in [6.07, 6.45) is 2.45. The van der Waals surface area contributed by atoms with E-state index in [0.29, 0.717) is 42.6 Å². The van der Waals surface area contributed by atoms with Crippen molar-refractivity contribution in [3.8, 4) is 5.75 Å². The van der Waals surface area contributed by atoms with Crippen LogP contribution in [0.3, 0.4) is 0 Å². The summed E-state index contributed by atoms with van der Waals surface area (Å²) < 4.78 is 7.90. The monoisotopic (exact) mass is 426 g/mol. The number of hydrogen-bond donors (Lipinski definition) is 0. The van der Waals surface area contributed by atoms with Crippen LogP contribution in [0, 0.1) is 12.8 Å². The Kier molecular flexibility index (Phi) is 7.36. The van der Waals surface area contributed by atoms with E-state index >= 15 is 0 Å². The Balaban J connectivity index is 1.94. The molecule has 7 nitrogen and oxygen atoms in total. The van der Waals surface area contributed by atoms with Crippen LogP contribution in [0.25, 0.3) is 0 Å². The zero-order valence-corrected chi connectivity index (χ0v) is 19.3. The number of aromatic nitrogens is 2. The lowest BCUT2D eigenvalue weighted by Crippen LogP contribution is -2.45. The molecule has 2 heterocycles. The number of nitrogens with zero attached hydrogens (tertiary/aromatic N) is 4. The van der Waals surface area contributed by atoms with Crippen molar-refractivity contribution in [2.45, 2.75) is 46.1 Å². The summed E-state index contributed by atoms with van der Waals surface area (Å²) in [7, 11) is 3.66. The molecule has 1 aromatic carbocycles. The fraction of sp³-hybridized carbons (Fsp3) is 0.542. The summed E-state index contributed by atoms with van der Waals surface area (Å²) >= 11 is 0. The minimum atomic E-state index is -0.102. The highest BCUT2D eigenvalue weighted by Gasteiger charge is 2.29. The molecule has 0 unspecified atom stereocenters. The molecule has 7 heteroatoms. The second-order valence-electron chi connectivity index (χ2n) is 8.82. The molecule has 31 heavy (non-hydrogen) atoms. The Morgan fingerprint density at radius 2 is 1.90 bits per heavy atom.